The predicted octanol–water partition coefficient (Wildman–Crippen LogP) is 4.27. The Morgan fingerprint density at radius 3 is 2.62 bits per heavy atom. The summed E-state index contributed by atoms with van der Waals surface area (Å²) in [7, 11) is 0. The molecule has 2 heterocycles. The maximum Gasteiger partial charge on any atom is 0.206 e. The lowest BCUT2D eigenvalue weighted by Crippen LogP contribution is -2.04. The molecule has 0 saturated carbocycles. The number of thiazole rings is 1. The Morgan fingerprint density at radius 2 is 1.79 bits per heavy atom. The van der Waals surface area contributed by atoms with Gasteiger partial charge in [0, 0.05) is 21.0 Å². The summed E-state index contributed by atoms with van der Waals surface area (Å²) in [6, 6.07) is 18.0. The van der Waals surface area contributed by atoms with Crippen molar-refractivity contribution in [3.8, 4) is 22.0 Å². The molecule has 4 aromatic rings. The lowest BCUT2D eigenvalue weighted by atomic mass is 10.2. The van der Waals surface area contributed by atoms with Gasteiger partial charge in [0.05, 0.1) is 5.69 Å². The van der Waals surface area contributed by atoms with Gasteiger partial charge in [0.1, 0.15) is 11.6 Å². The minimum absolute atomic E-state index is 0.501. The van der Waals surface area contributed by atoms with Gasteiger partial charge in [-0.05, 0) is 17.3 Å². The second-order valence-corrected chi connectivity index (χ2v) is 6.85. The SMILES string of the molecule is Brc1ccccc1-c1nnn(Cc2csc(-c3ccccc3)n2)n1. The van der Waals surface area contributed by atoms with Gasteiger partial charge >= 0.3 is 0 Å². The van der Waals surface area contributed by atoms with Crippen molar-refractivity contribution in [2.24, 2.45) is 0 Å². The number of tetrazole rings is 1. The minimum atomic E-state index is 0.501. The van der Waals surface area contributed by atoms with Gasteiger partial charge in [0.25, 0.3) is 0 Å². The zero-order chi connectivity index (χ0) is 16.4. The van der Waals surface area contributed by atoms with E-state index in [9.17, 15) is 0 Å². The maximum absolute atomic E-state index is 4.66. The minimum Gasteiger partial charge on any atom is -0.239 e. The van der Waals surface area contributed by atoms with Gasteiger partial charge in [0.15, 0.2) is 0 Å². The molecule has 0 aliphatic heterocycles. The van der Waals surface area contributed by atoms with Gasteiger partial charge in [-0.25, -0.2) is 4.98 Å². The van der Waals surface area contributed by atoms with Gasteiger partial charge < -0.3 is 0 Å². The van der Waals surface area contributed by atoms with E-state index in [4.69, 9.17) is 0 Å². The lowest BCUT2D eigenvalue weighted by Gasteiger charge is -1.97. The van der Waals surface area contributed by atoms with Gasteiger partial charge in [-0.2, -0.15) is 4.80 Å². The number of aromatic nitrogens is 5. The molecule has 7 heteroatoms. The van der Waals surface area contributed by atoms with Crippen LogP contribution in [0.25, 0.3) is 22.0 Å². The summed E-state index contributed by atoms with van der Waals surface area (Å²) in [6.45, 7) is 0.501. The number of hydrogen-bond donors (Lipinski definition) is 0. The van der Waals surface area contributed by atoms with Crippen LogP contribution in [-0.2, 0) is 6.54 Å². The van der Waals surface area contributed by atoms with Gasteiger partial charge in [-0.1, -0.05) is 58.4 Å². The van der Waals surface area contributed by atoms with Crippen LogP contribution in [0.3, 0.4) is 0 Å². The summed E-state index contributed by atoms with van der Waals surface area (Å²) >= 11 is 5.13. The van der Waals surface area contributed by atoms with E-state index in [1.165, 1.54) is 0 Å². The van der Waals surface area contributed by atoms with Gasteiger partial charge in [-0.3, -0.25) is 0 Å². The Kier molecular flexibility index (Phi) is 4.18. The second kappa shape index (κ2) is 6.62. The maximum atomic E-state index is 4.66. The van der Waals surface area contributed by atoms with Crippen molar-refractivity contribution >= 4 is 27.3 Å². The van der Waals surface area contributed by atoms with E-state index >= 15 is 0 Å². The van der Waals surface area contributed by atoms with E-state index in [2.05, 4.69) is 48.5 Å². The molecule has 0 radical (unpaired) electrons. The fraction of sp³-hybridized carbons (Fsp3) is 0.0588. The molecule has 0 aliphatic carbocycles. The fourth-order valence-corrected chi connectivity index (χ4v) is 3.58. The van der Waals surface area contributed by atoms with Crippen LogP contribution in [0.1, 0.15) is 5.69 Å². The highest BCUT2D eigenvalue weighted by Crippen LogP contribution is 2.25. The summed E-state index contributed by atoms with van der Waals surface area (Å²) in [5.41, 5.74) is 2.97. The molecule has 0 N–H and O–H groups in total. The third-order valence-electron chi connectivity index (χ3n) is 3.44. The van der Waals surface area contributed by atoms with Crippen LogP contribution in [0.15, 0.2) is 64.5 Å². The normalized spacial score (nSPS) is 10.9. The van der Waals surface area contributed by atoms with Crippen molar-refractivity contribution in [3.05, 3.63) is 70.1 Å². The topological polar surface area (TPSA) is 56.5 Å². The van der Waals surface area contributed by atoms with E-state index in [-0.39, 0.29) is 0 Å². The van der Waals surface area contributed by atoms with E-state index in [1.54, 1.807) is 16.1 Å². The summed E-state index contributed by atoms with van der Waals surface area (Å²) < 4.78 is 0.949. The fourth-order valence-electron chi connectivity index (χ4n) is 2.30. The molecule has 5 nitrogen and oxygen atoms in total. The Labute approximate surface area is 151 Å². The summed E-state index contributed by atoms with van der Waals surface area (Å²) in [5.74, 6) is 0.598. The van der Waals surface area contributed by atoms with Gasteiger partial charge in [0.2, 0.25) is 5.82 Å². The molecule has 0 aliphatic rings. The first-order valence-electron chi connectivity index (χ1n) is 7.32. The summed E-state index contributed by atoms with van der Waals surface area (Å²) in [6.07, 6.45) is 0. The first-order chi connectivity index (χ1) is 11.8. The number of benzene rings is 2. The van der Waals surface area contributed by atoms with Crippen molar-refractivity contribution in [1.82, 2.24) is 25.2 Å². The number of rotatable bonds is 4. The molecular formula is C17H12BrN5S. The Hall–Kier alpha value is -2.38. The van der Waals surface area contributed by atoms with Crippen molar-refractivity contribution in [2.75, 3.05) is 0 Å². The molecular weight excluding hydrogens is 386 g/mol. The highest BCUT2D eigenvalue weighted by atomic mass is 79.9. The molecule has 0 saturated heterocycles. The second-order valence-electron chi connectivity index (χ2n) is 5.13. The molecule has 0 amide bonds. The number of halogens is 1. The molecule has 2 aromatic heterocycles. The molecule has 0 atom stereocenters. The molecule has 0 bridgehead atoms. The van der Waals surface area contributed by atoms with E-state index < -0.39 is 0 Å². The number of nitrogens with zero attached hydrogens (tertiary/aromatic N) is 5. The first-order valence-corrected chi connectivity index (χ1v) is 8.99. The lowest BCUT2D eigenvalue weighted by molar-refractivity contribution is 0.566. The van der Waals surface area contributed by atoms with Crippen molar-refractivity contribution in [2.45, 2.75) is 6.54 Å². The average molecular weight is 398 g/mol. The standard InChI is InChI=1S/C17H12BrN5S/c18-15-9-5-4-8-14(15)16-20-22-23(21-16)10-13-11-24-17(19-13)12-6-2-1-3-7-12/h1-9,11H,10H2. The van der Waals surface area contributed by atoms with Gasteiger partial charge in [-0.15, -0.1) is 21.5 Å². The van der Waals surface area contributed by atoms with E-state index in [0.29, 0.717) is 12.4 Å². The molecule has 0 unspecified atom stereocenters. The van der Waals surface area contributed by atoms with Crippen LogP contribution in [-0.4, -0.2) is 25.2 Å². The van der Waals surface area contributed by atoms with Crippen LogP contribution < -0.4 is 0 Å². The highest BCUT2D eigenvalue weighted by Gasteiger charge is 2.11. The molecule has 0 fully saturated rings. The van der Waals surface area contributed by atoms with E-state index in [1.807, 2.05) is 47.8 Å². The largest absolute Gasteiger partial charge is 0.239 e. The molecule has 4 rings (SSSR count). The smallest absolute Gasteiger partial charge is 0.206 e. The number of hydrogen-bond acceptors (Lipinski definition) is 5. The predicted molar refractivity (Wildman–Crippen MR) is 97.6 cm³/mol. The Balaban J connectivity index is 1.55. The van der Waals surface area contributed by atoms with Crippen molar-refractivity contribution < 1.29 is 0 Å². The molecule has 24 heavy (non-hydrogen) atoms. The van der Waals surface area contributed by atoms with Crippen LogP contribution in [0.5, 0.6) is 0 Å². The average Bonchev–Trinajstić information content (AvgIpc) is 3.26. The molecule has 118 valence electrons. The highest BCUT2D eigenvalue weighted by molar-refractivity contribution is 9.10. The van der Waals surface area contributed by atoms with Crippen LogP contribution in [0.4, 0.5) is 0 Å². The van der Waals surface area contributed by atoms with E-state index in [0.717, 1.165) is 26.3 Å². The van der Waals surface area contributed by atoms with Crippen LogP contribution >= 0.6 is 27.3 Å². The third kappa shape index (κ3) is 3.13. The summed E-state index contributed by atoms with van der Waals surface area (Å²) in [5, 5.41) is 15.7. The first kappa shape index (κ1) is 15.2. The quantitative estimate of drug-likeness (QED) is 0.515. The van der Waals surface area contributed by atoms with Crippen LogP contribution in [0.2, 0.25) is 0 Å². The summed E-state index contributed by atoms with van der Waals surface area (Å²) in [4.78, 5) is 6.22. The van der Waals surface area contributed by atoms with Crippen molar-refractivity contribution in [3.63, 3.8) is 0 Å². The monoisotopic (exact) mass is 397 g/mol. The van der Waals surface area contributed by atoms with Crippen LogP contribution in [0, 0.1) is 0 Å². The zero-order valence-electron chi connectivity index (χ0n) is 12.5. The molecule has 0 spiro atoms. The molecule has 2 aromatic carbocycles. The third-order valence-corrected chi connectivity index (χ3v) is 5.08. The zero-order valence-corrected chi connectivity index (χ0v) is 14.9. The Bertz CT molecular complexity index is 964. The Morgan fingerprint density at radius 1 is 1.00 bits per heavy atom. The van der Waals surface area contributed by atoms with Crippen molar-refractivity contribution in [1.29, 1.82) is 0 Å².